The minimum Gasteiger partial charge on any atom is -0.504 e. The molecule has 140 valence electrons. The van der Waals surface area contributed by atoms with Crippen molar-refractivity contribution in [1.82, 2.24) is 15.0 Å². The number of nitrogens with zero attached hydrogens (tertiary/aromatic N) is 2. The molecule has 6 nitrogen and oxygen atoms in total. The zero-order valence-corrected chi connectivity index (χ0v) is 15.1. The Morgan fingerprint density at radius 3 is 2.41 bits per heavy atom. The number of fused-ring (bicyclic) bond motifs is 2. The van der Waals surface area contributed by atoms with Gasteiger partial charge < -0.3 is 15.2 Å². The van der Waals surface area contributed by atoms with Crippen molar-refractivity contribution in [2.24, 2.45) is 0 Å². The van der Waals surface area contributed by atoms with Crippen LogP contribution in [0.15, 0.2) is 77.7 Å². The zero-order valence-electron chi connectivity index (χ0n) is 15.1. The molecule has 5 aromatic rings. The van der Waals surface area contributed by atoms with Crippen LogP contribution >= 0.6 is 0 Å². The third-order valence-corrected chi connectivity index (χ3v) is 4.89. The van der Waals surface area contributed by atoms with E-state index in [1.54, 1.807) is 24.4 Å². The van der Waals surface area contributed by atoms with E-state index in [-0.39, 0.29) is 17.1 Å². The molecule has 3 aromatic carbocycles. The normalized spacial score (nSPS) is 11.2. The Labute approximate surface area is 164 Å². The average molecular weight is 381 g/mol. The Hall–Kier alpha value is -4.19. The number of aromatic nitrogens is 3. The van der Waals surface area contributed by atoms with Gasteiger partial charge in [-0.05, 0) is 35.7 Å². The lowest BCUT2D eigenvalue weighted by Gasteiger charge is -2.09. The first kappa shape index (κ1) is 16.9. The second-order valence-corrected chi connectivity index (χ2v) is 6.73. The fraction of sp³-hybridized carbons (Fsp3) is 0. The van der Waals surface area contributed by atoms with Crippen molar-refractivity contribution in [3.05, 3.63) is 83.3 Å². The van der Waals surface area contributed by atoms with Crippen molar-refractivity contribution in [3.8, 4) is 34.1 Å². The Kier molecular flexibility index (Phi) is 3.77. The first-order chi connectivity index (χ1) is 14.1. The number of aromatic hydroxyl groups is 2. The molecule has 6 heteroatoms. The van der Waals surface area contributed by atoms with E-state index in [1.807, 2.05) is 36.4 Å². The van der Waals surface area contributed by atoms with Crippen molar-refractivity contribution in [2.45, 2.75) is 0 Å². The molecule has 5 rings (SSSR count). The molecular formula is C23H15N3O3. The maximum Gasteiger partial charge on any atom is 0.259 e. The first-order valence-corrected chi connectivity index (χ1v) is 9.01. The van der Waals surface area contributed by atoms with E-state index in [9.17, 15) is 15.0 Å². The van der Waals surface area contributed by atoms with Gasteiger partial charge in [0.25, 0.3) is 5.56 Å². The summed E-state index contributed by atoms with van der Waals surface area (Å²) in [6, 6.07) is 19.5. The van der Waals surface area contributed by atoms with Crippen molar-refractivity contribution in [1.29, 1.82) is 0 Å². The minimum atomic E-state index is -0.239. The molecule has 0 saturated heterocycles. The minimum absolute atomic E-state index is 0.192. The van der Waals surface area contributed by atoms with Crippen molar-refractivity contribution < 1.29 is 10.2 Å². The molecule has 0 spiro atoms. The van der Waals surface area contributed by atoms with Gasteiger partial charge in [-0.3, -0.25) is 9.78 Å². The second kappa shape index (κ2) is 6.45. The van der Waals surface area contributed by atoms with E-state index >= 15 is 0 Å². The van der Waals surface area contributed by atoms with Crippen molar-refractivity contribution in [2.75, 3.05) is 0 Å². The summed E-state index contributed by atoms with van der Waals surface area (Å²) in [5.74, 6) is 0.0985. The van der Waals surface area contributed by atoms with E-state index in [0.717, 1.165) is 10.9 Å². The SMILES string of the molecule is O=c1[nH]c(-c2ccccc2)nc2ccc(-c3nccc4cc(O)c(O)cc34)cc12. The molecule has 0 radical (unpaired) electrons. The summed E-state index contributed by atoms with van der Waals surface area (Å²) in [4.78, 5) is 24.6. The van der Waals surface area contributed by atoms with E-state index in [1.165, 1.54) is 12.1 Å². The van der Waals surface area contributed by atoms with E-state index in [4.69, 9.17) is 0 Å². The summed E-state index contributed by atoms with van der Waals surface area (Å²) in [7, 11) is 0. The summed E-state index contributed by atoms with van der Waals surface area (Å²) < 4.78 is 0. The summed E-state index contributed by atoms with van der Waals surface area (Å²) in [6.07, 6.45) is 1.62. The number of aromatic amines is 1. The molecule has 0 bridgehead atoms. The van der Waals surface area contributed by atoms with Crippen LogP contribution in [0.4, 0.5) is 0 Å². The maximum atomic E-state index is 12.7. The molecule has 3 N–H and O–H groups in total. The third kappa shape index (κ3) is 2.87. The number of hydrogen-bond donors (Lipinski definition) is 3. The lowest BCUT2D eigenvalue weighted by molar-refractivity contribution is 0.405. The van der Waals surface area contributed by atoms with Crippen LogP contribution in [0.3, 0.4) is 0 Å². The molecule has 29 heavy (non-hydrogen) atoms. The molecule has 2 heterocycles. The van der Waals surface area contributed by atoms with Gasteiger partial charge in [0.1, 0.15) is 5.82 Å². The zero-order chi connectivity index (χ0) is 20.0. The molecular weight excluding hydrogens is 366 g/mol. The lowest BCUT2D eigenvalue weighted by atomic mass is 10.0. The van der Waals surface area contributed by atoms with E-state index in [0.29, 0.717) is 33.4 Å². The van der Waals surface area contributed by atoms with Crippen LogP contribution in [-0.4, -0.2) is 25.2 Å². The highest BCUT2D eigenvalue weighted by atomic mass is 16.3. The number of H-pyrrole nitrogens is 1. The smallest absolute Gasteiger partial charge is 0.259 e. The second-order valence-electron chi connectivity index (χ2n) is 6.73. The van der Waals surface area contributed by atoms with Gasteiger partial charge in [0.15, 0.2) is 11.5 Å². The molecule has 0 atom stereocenters. The van der Waals surface area contributed by atoms with Gasteiger partial charge in [-0.15, -0.1) is 0 Å². The number of nitrogens with one attached hydrogen (secondary N) is 1. The first-order valence-electron chi connectivity index (χ1n) is 9.01. The van der Waals surface area contributed by atoms with Gasteiger partial charge in [0.2, 0.25) is 0 Å². The Balaban J connectivity index is 1.70. The number of phenols is 2. The van der Waals surface area contributed by atoms with E-state index in [2.05, 4.69) is 15.0 Å². The standard InChI is InChI=1S/C23H15N3O3/c27-19-11-14-8-9-24-21(16(14)12-20(19)28)15-6-7-18-17(10-15)23(29)26-22(25-18)13-4-2-1-3-5-13/h1-12,27-28H,(H,25,26,29). The van der Waals surface area contributed by atoms with Crippen LogP contribution in [0.2, 0.25) is 0 Å². The van der Waals surface area contributed by atoms with E-state index < -0.39 is 0 Å². The predicted octanol–water partition coefficient (Wildman–Crippen LogP) is 4.22. The van der Waals surface area contributed by atoms with Gasteiger partial charge in [-0.25, -0.2) is 4.98 Å². The predicted molar refractivity (Wildman–Crippen MR) is 112 cm³/mol. The number of rotatable bonds is 2. The van der Waals surface area contributed by atoms with Crippen LogP contribution in [0.1, 0.15) is 0 Å². The Morgan fingerprint density at radius 2 is 1.59 bits per heavy atom. The summed E-state index contributed by atoms with van der Waals surface area (Å²) in [6.45, 7) is 0. The molecule has 0 saturated carbocycles. The number of hydrogen-bond acceptors (Lipinski definition) is 5. The van der Waals surface area contributed by atoms with Crippen LogP contribution in [0.5, 0.6) is 11.5 Å². The molecule has 0 aliphatic heterocycles. The van der Waals surface area contributed by atoms with Crippen LogP contribution in [0.25, 0.3) is 44.3 Å². The summed E-state index contributed by atoms with van der Waals surface area (Å²) in [5, 5.41) is 21.5. The number of phenolic OH excluding ortho intramolecular Hbond substituents is 2. The highest BCUT2D eigenvalue weighted by Crippen LogP contribution is 2.35. The van der Waals surface area contributed by atoms with Crippen LogP contribution in [0, 0.1) is 0 Å². The molecule has 0 fully saturated rings. The highest BCUT2D eigenvalue weighted by molar-refractivity contribution is 5.98. The maximum absolute atomic E-state index is 12.7. The van der Waals surface area contributed by atoms with Crippen LogP contribution in [-0.2, 0) is 0 Å². The lowest BCUT2D eigenvalue weighted by Crippen LogP contribution is -2.09. The van der Waals surface area contributed by atoms with Gasteiger partial charge >= 0.3 is 0 Å². The topological polar surface area (TPSA) is 99.1 Å². The fourth-order valence-electron chi connectivity index (χ4n) is 3.45. The van der Waals surface area contributed by atoms with Gasteiger partial charge in [-0.1, -0.05) is 36.4 Å². The highest BCUT2D eigenvalue weighted by Gasteiger charge is 2.12. The molecule has 0 amide bonds. The largest absolute Gasteiger partial charge is 0.504 e. The fourth-order valence-corrected chi connectivity index (χ4v) is 3.45. The molecule has 2 aromatic heterocycles. The quantitative estimate of drug-likeness (QED) is 0.398. The van der Waals surface area contributed by atoms with Gasteiger partial charge in [0.05, 0.1) is 16.6 Å². The monoisotopic (exact) mass is 381 g/mol. The molecule has 0 aliphatic rings. The summed E-state index contributed by atoms with van der Waals surface area (Å²) >= 11 is 0. The third-order valence-electron chi connectivity index (χ3n) is 4.89. The van der Waals surface area contributed by atoms with Crippen LogP contribution < -0.4 is 5.56 Å². The van der Waals surface area contributed by atoms with Gasteiger partial charge in [0, 0.05) is 22.7 Å². The van der Waals surface area contributed by atoms with Crippen molar-refractivity contribution in [3.63, 3.8) is 0 Å². The van der Waals surface area contributed by atoms with Gasteiger partial charge in [-0.2, -0.15) is 0 Å². The average Bonchev–Trinajstić information content (AvgIpc) is 2.74. The Morgan fingerprint density at radius 1 is 0.793 bits per heavy atom. The molecule has 0 aliphatic carbocycles. The Bertz CT molecular complexity index is 1440. The van der Waals surface area contributed by atoms with Crippen molar-refractivity contribution >= 4 is 21.7 Å². The number of benzene rings is 3. The summed E-state index contributed by atoms with van der Waals surface area (Å²) in [5.41, 5.74) is 2.49. The number of pyridine rings is 1. The molecule has 0 unspecified atom stereocenters.